The molecule has 82 valence electrons. The minimum absolute atomic E-state index is 0.126. The van der Waals surface area contributed by atoms with Crippen molar-refractivity contribution < 1.29 is 9.90 Å². The van der Waals surface area contributed by atoms with Gasteiger partial charge in [0, 0.05) is 4.47 Å². The number of amides is 1. The number of rotatable bonds is 1. The van der Waals surface area contributed by atoms with E-state index in [-0.39, 0.29) is 18.9 Å². The summed E-state index contributed by atoms with van der Waals surface area (Å²) in [6, 6.07) is 7.18. The lowest BCUT2D eigenvalue weighted by atomic mass is 10.2. The minimum Gasteiger partial charge on any atom is -0.391 e. The van der Waals surface area contributed by atoms with Crippen molar-refractivity contribution in [1.82, 2.24) is 0 Å². The van der Waals surface area contributed by atoms with Crippen molar-refractivity contribution in [2.24, 2.45) is 0 Å². The average Bonchev–Trinajstić information content (AvgIpc) is 2.57. The Morgan fingerprint density at radius 1 is 1.56 bits per heavy atom. The summed E-state index contributed by atoms with van der Waals surface area (Å²) in [5.41, 5.74) is 0.990. The second-order valence-corrected chi connectivity index (χ2v) is 4.55. The van der Waals surface area contributed by atoms with Crippen LogP contribution < -0.4 is 4.90 Å². The molecule has 1 saturated heterocycles. The number of anilines is 1. The van der Waals surface area contributed by atoms with Crippen LogP contribution >= 0.6 is 15.9 Å². The third-order valence-corrected chi connectivity index (χ3v) is 2.97. The van der Waals surface area contributed by atoms with Crippen LogP contribution in [0.15, 0.2) is 22.7 Å². The summed E-state index contributed by atoms with van der Waals surface area (Å²) in [7, 11) is 0. The molecule has 1 N–H and O–H groups in total. The highest BCUT2D eigenvalue weighted by Gasteiger charge is 2.30. The molecule has 4 nitrogen and oxygen atoms in total. The second kappa shape index (κ2) is 4.24. The van der Waals surface area contributed by atoms with Crippen LogP contribution in [-0.4, -0.2) is 23.7 Å². The normalized spacial score (nSPS) is 19.9. The molecule has 1 aromatic carbocycles. The standard InChI is InChI=1S/C11H9BrN2O2/c12-8-1-2-10(7(3-8)5-13)14-6-9(15)4-11(14)16/h1-3,9,15H,4,6H2. The number of benzene rings is 1. The van der Waals surface area contributed by atoms with Gasteiger partial charge >= 0.3 is 0 Å². The Morgan fingerprint density at radius 2 is 2.31 bits per heavy atom. The van der Waals surface area contributed by atoms with Gasteiger partial charge in [0.1, 0.15) is 6.07 Å². The van der Waals surface area contributed by atoms with E-state index in [1.54, 1.807) is 18.2 Å². The fraction of sp³-hybridized carbons (Fsp3) is 0.273. The van der Waals surface area contributed by atoms with Gasteiger partial charge in [-0.25, -0.2) is 0 Å². The van der Waals surface area contributed by atoms with E-state index in [1.807, 2.05) is 6.07 Å². The molecule has 1 atom stereocenters. The molecule has 1 amide bonds. The van der Waals surface area contributed by atoms with Crippen molar-refractivity contribution in [1.29, 1.82) is 5.26 Å². The third kappa shape index (κ3) is 1.94. The van der Waals surface area contributed by atoms with Crippen molar-refractivity contribution >= 4 is 27.5 Å². The predicted molar refractivity (Wildman–Crippen MR) is 61.8 cm³/mol. The molecule has 2 rings (SSSR count). The SMILES string of the molecule is N#Cc1cc(Br)ccc1N1CC(O)CC1=O. The van der Waals surface area contributed by atoms with E-state index < -0.39 is 6.10 Å². The van der Waals surface area contributed by atoms with Gasteiger partial charge in [-0.3, -0.25) is 4.79 Å². The van der Waals surface area contributed by atoms with E-state index in [9.17, 15) is 9.90 Å². The highest BCUT2D eigenvalue weighted by Crippen LogP contribution is 2.27. The molecular formula is C11H9BrN2O2. The number of nitriles is 1. The van der Waals surface area contributed by atoms with Gasteiger partial charge in [-0.1, -0.05) is 15.9 Å². The Bertz CT molecular complexity index is 481. The Hall–Kier alpha value is -1.38. The first-order chi connectivity index (χ1) is 7.61. The smallest absolute Gasteiger partial charge is 0.229 e. The predicted octanol–water partition coefficient (Wildman–Crippen LogP) is 1.42. The van der Waals surface area contributed by atoms with E-state index in [1.165, 1.54) is 4.90 Å². The van der Waals surface area contributed by atoms with Crippen LogP contribution in [0.1, 0.15) is 12.0 Å². The second-order valence-electron chi connectivity index (χ2n) is 3.64. The van der Waals surface area contributed by atoms with E-state index >= 15 is 0 Å². The number of aliphatic hydroxyl groups is 1. The van der Waals surface area contributed by atoms with Crippen LogP contribution in [-0.2, 0) is 4.79 Å². The summed E-state index contributed by atoms with van der Waals surface area (Å²) in [6.07, 6.45) is -0.510. The van der Waals surface area contributed by atoms with Crippen molar-refractivity contribution in [3.05, 3.63) is 28.2 Å². The number of hydrogen-bond donors (Lipinski definition) is 1. The number of carbonyl (C=O) groups excluding carboxylic acids is 1. The highest BCUT2D eigenvalue weighted by atomic mass is 79.9. The fourth-order valence-electron chi connectivity index (χ4n) is 1.75. The molecule has 0 radical (unpaired) electrons. The molecule has 0 aromatic heterocycles. The molecule has 16 heavy (non-hydrogen) atoms. The van der Waals surface area contributed by atoms with Crippen LogP contribution in [0.5, 0.6) is 0 Å². The largest absolute Gasteiger partial charge is 0.391 e. The van der Waals surface area contributed by atoms with Gasteiger partial charge in [-0.15, -0.1) is 0 Å². The lowest BCUT2D eigenvalue weighted by molar-refractivity contribution is -0.117. The summed E-state index contributed by atoms with van der Waals surface area (Å²) < 4.78 is 0.792. The van der Waals surface area contributed by atoms with Crippen LogP contribution in [0.25, 0.3) is 0 Å². The number of halogens is 1. The Kier molecular flexibility index (Phi) is 2.95. The van der Waals surface area contributed by atoms with Crippen LogP contribution in [0.3, 0.4) is 0 Å². The van der Waals surface area contributed by atoms with Gasteiger partial charge in [0.15, 0.2) is 0 Å². The quantitative estimate of drug-likeness (QED) is 0.846. The summed E-state index contributed by atoms with van der Waals surface area (Å²) >= 11 is 3.27. The highest BCUT2D eigenvalue weighted by molar-refractivity contribution is 9.10. The maximum atomic E-state index is 11.6. The van der Waals surface area contributed by atoms with Crippen molar-refractivity contribution in [2.45, 2.75) is 12.5 Å². The molecule has 1 heterocycles. The zero-order chi connectivity index (χ0) is 11.7. The molecule has 1 fully saturated rings. The zero-order valence-corrected chi connectivity index (χ0v) is 9.94. The molecule has 1 aromatic rings. The van der Waals surface area contributed by atoms with Crippen LogP contribution in [0.2, 0.25) is 0 Å². The topological polar surface area (TPSA) is 64.3 Å². The number of nitrogens with zero attached hydrogens (tertiary/aromatic N) is 2. The van der Waals surface area contributed by atoms with Gasteiger partial charge in [0.05, 0.1) is 30.3 Å². The van der Waals surface area contributed by atoms with Crippen molar-refractivity contribution in [3.63, 3.8) is 0 Å². The number of hydrogen-bond acceptors (Lipinski definition) is 3. The summed E-state index contributed by atoms with van der Waals surface area (Å²) in [6.45, 7) is 0.259. The molecule has 5 heteroatoms. The van der Waals surface area contributed by atoms with Gasteiger partial charge in [-0.05, 0) is 18.2 Å². The van der Waals surface area contributed by atoms with E-state index in [0.29, 0.717) is 11.3 Å². The molecule has 1 aliphatic heterocycles. The molecule has 0 aliphatic carbocycles. The minimum atomic E-state index is -0.636. The van der Waals surface area contributed by atoms with Crippen LogP contribution in [0, 0.1) is 11.3 Å². The zero-order valence-electron chi connectivity index (χ0n) is 8.35. The fourth-order valence-corrected chi connectivity index (χ4v) is 2.12. The summed E-state index contributed by atoms with van der Waals surface area (Å²) in [4.78, 5) is 13.0. The lowest BCUT2D eigenvalue weighted by Crippen LogP contribution is -2.26. The van der Waals surface area contributed by atoms with Crippen molar-refractivity contribution in [3.8, 4) is 6.07 Å². The van der Waals surface area contributed by atoms with Gasteiger partial charge in [0.25, 0.3) is 0 Å². The Morgan fingerprint density at radius 3 is 2.88 bits per heavy atom. The first kappa shape index (κ1) is 11.1. The number of β-amino-alcohol motifs (C(OH)–C–C–N with tert-alkyl or cyclic N) is 1. The van der Waals surface area contributed by atoms with E-state index in [4.69, 9.17) is 5.26 Å². The number of aliphatic hydroxyl groups excluding tert-OH is 1. The summed E-state index contributed by atoms with van der Waals surface area (Å²) in [5, 5.41) is 18.4. The molecule has 0 saturated carbocycles. The third-order valence-electron chi connectivity index (χ3n) is 2.47. The van der Waals surface area contributed by atoms with Gasteiger partial charge in [-0.2, -0.15) is 5.26 Å². The average molecular weight is 281 g/mol. The van der Waals surface area contributed by atoms with Crippen molar-refractivity contribution in [2.75, 3.05) is 11.4 Å². The van der Waals surface area contributed by atoms with Crippen LogP contribution in [0.4, 0.5) is 5.69 Å². The molecule has 0 bridgehead atoms. The summed E-state index contributed by atoms with van der Waals surface area (Å²) in [5.74, 6) is -0.147. The monoisotopic (exact) mass is 280 g/mol. The maximum Gasteiger partial charge on any atom is 0.229 e. The molecule has 1 aliphatic rings. The lowest BCUT2D eigenvalue weighted by Gasteiger charge is -2.17. The van der Waals surface area contributed by atoms with Gasteiger partial charge < -0.3 is 10.0 Å². The van der Waals surface area contributed by atoms with Gasteiger partial charge in [0.2, 0.25) is 5.91 Å². The molecular weight excluding hydrogens is 272 g/mol. The Balaban J connectivity index is 2.41. The Labute approximate surface area is 101 Å². The maximum absolute atomic E-state index is 11.6. The van der Waals surface area contributed by atoms with E-state index in [2.05, 4.69) is 15.9 Å². The first-order valence-electron chi connectivity index (χ1n) is 4.80. The number of carbonyl (C=O) groups is 1. The molecule has 0 spiro atoms. The van der Waals surface area contributed by atoms with E-state index in [0.717, 1.165) is 4.47 Å². The molecule has 1 unspecified atom stereocenters. The first-order valence-corrected chi connectivity index (χ1v) is 5.59.